The lowest BCUT2D eigenvalue weighted by atomic mass is 10.0. The van der Waals surface area contributed by atoms with Crippen molar-refractivity contribution >= 4 is 17.2 Å². The molecule has 0 saturated carbocycles. The van der Waals surface area contributed by atoms with Crippen molar-refractivity contribution in [1.29, 1.82) is 0 Å². The topological polar surface area (TPSA) is 26.0 Å². The lowest BCUT2D eigenvalue weighted by Crippen LogP contribution is -2.01. The van der Waals surface area contributed by atoms with Gasteiger partial charge in [-0.25, -0.2) is 8.78 Å². The van der Waals surface area contributed by atoms with E-state index in [1.165, 1.54) is 6.07 Å². The van der Waals surface area contributed by atoms with Gasteiger partial charge in [0.25, 0.3) is 0 Å². The highest BCUT2D eigenvalue weighted by atomic mass is 35.5. The molecule has 4 heteroatoms. The Morgan fingerprint density at radius 2 is 2.07 bits per heavy atom. The van der Waals surface area contributed by atoms with E-state index in [-0.39, 0.29) is 5.56 Å². The average Bonchev–Trinajstić information content (AvgIpc) is 2.15. The number of hydrogen-bond acceptors (Lipinski definition) is 1. The molecule has 0 unspecified atom stereocenters. The van der Waals surface area contributed by atoms with Gasteiger partial charge in [-0.2, -0.15) is 0 Å². The Kier molecular flexibility index (Phi) is 3.61. The van der Waals surface area contributed by atoms with Gasteiger partial charge >= 0.3 is 0 Å². The van der Waals surface area contributed by atoms with Gasteiger partial charge in [0.2, 0.25) is 0 Å². The van der Waals surface area contributed by atoms with Crippen molar-refractivity contribution in [2.75, 3.05) is 6.54 Å². The van der Waals surface area contributed by atoms with E-state index < -0.39 is 16.7 Å². The summed E-state index contributed by atoms with van der Waals surface area (Å²) in [7, 11) is 0. The first-order valence-electron chi connectivity index (χ1n) is 4.09. The maximum atomic E-state index is 13.4. The van der Waals surface area contributed by atoms with Gasteiger partial charge in [-0.3, -0.25) is 0 Å². The predicted octanol–water partition coefficient (Wildman–Crippen LogP) is 2.98. The fourth-order valence-corrected chi connectivity index (χ4v) is 1.27. The summed E-state index contributed by atoms with van der Waals surface area (Å²) in [5.74, 6) is -1.54. The third kappa shape index (κ3) is 2.11. The Hall–Kier alpha value is -0.930. The maximum absolute atomic E-state index is 13.4. The van der Waals surface area contributed by atoms with Gasteiger partial charge in [0, 0.05) is 5.56 Å². The number of nitrogens with two attached hydrogens (primary N) is 1. The Labute approximate surface area is 86.2 Å². The second-order valence-electron chi connectivity index (χ2n) is 2.87. The van der Waals surface area contributed by atoms with Crippen molar-refractivity contribution in [3.63, 3.8) is 0 Å². The molecule has 14 heavy (non-hydrogen) atoms. The van der Waals surface area contributed by atoms with E-state index in [1.807, 2.05) is 0 Å². The van der Waals surface area contributed by atoms with Crippen molar-refractivity contribution in [2.24, 2.45) is 5.73 Å². The molecule has 0 aliphatic rings. The highest BCUT2D eigenvalue weighted by molar-refractivity contribution is 6.31. The summed E-state index contributed by atoms with van der Waals surface area (Å²) in [5.41, 5.74) is 6.04. The van der Waals surface area contributed by atoms with Gasteiger partial charge in [0.05, 0.1) is 0 Å². The van der Waals surface area contributed by atoms with Gasteiger partial charge in [-0.15, -0.1) is 0 Å². The Morgan fingerprint density at radius 3 is 2.64 bits per heavy atom. The second-order valence-corrected chi connectivity index (χ2v) is 3.24. The quantitative estimate of drug-likeness (QED) is 0.774. The molecule has 0 radical (unpaired) electrons. The third-order valence-corrected chi connectivity index (χ3v) is 2.21. The molecule has 0 bridgehead atoms. The Morgan fingerprint density at radius 1 is 1.43 bits per heavy atom. The zero-order chi connectivity index (χ0) is 10.7. The molecule has 1 aromatic carbocycles. The van der Waals surface area contributed by atoms with Crippen LogP contribution in [0.2, 0.25) is 5.02 Å². The van der Waals surface area contributed by atoms with Gasteiger partial charge in [0.1, 0.15) is 10.8 Å². The highest BCUT2D eigenvalue weighted by Crippen LogP contribution is 2.26. The summed E-state index contributed by atoms with van der Waals surface area (Å²) in [5, 5.41) is -0.499. The third-order valence-electron chi connectivity index (χ3n) is 1.86. The number of benzene rings is 1. The zero-order valence-corrected chi connectivity index (χ0v) is 8.24. The van der Waals surface area contributed by atoms with Crippen molar-refractivity contribution in [2.45, 2.75) is 6.42 Å². The molecule has 0 saturated heterocycles. The summed E-state index contributed by atoms with van der Waals surface area (Å²) < 4.78 is 26.1. The first kappa shape index (κ1) is 11.1. The molecule has 1 aromatic rings. The van der Waals surface area contributed by atoms with Crippen molar-refractivity contribution < 1.29 is 8.78 Å². The van der Waals surface area contributed by atoms with Crippen molar-refractivity contribution in [1.82, 2.24) is 0 Å². The van der Waals surface area contributed by atoms with E-state index in [0.717, 1.165) is 6.07 Å². The monoisotopic (exact) mass is 217 g/mol. The Balaban J connectivity index is 3.11. The SMILES string of the molecule is C=C(CCN)c1ccc(F)c(Cl)c1F. The van der Waals surface area contributed by atoms with Crippen LogP contribution in [-0.4, -0.2) is 6.54 Å². The fraction of sp³-hybridized carbons (Fsp3) is 0.200. The van der Waals surface area contributed by atoms with Crippen molar-refractivity contribution in [3.8, 4) is 0 Å². The minimum Gasteiger partial charge on any atom is -0.330 e. The first-order valence-corrected chi connectivity index (χ1v) is 4.47. The molecule has 0 heterocycles. The molecule has 1 nitrogen and oxygen atoms in total. The maximum Gasteiger partial charge on any atom is 0.152 e. The molecule has 0 aliphatic heterocycles. The first-order chi connectivity index (χ1) is 6.57. The van der Waals surface area contributed by atoms with E-state index in [0.29, 0.717) is 18.5 Å². The molecule has 76 valence electrons. The summed E-state index contributed by atoms with van der Waals surface area (Å²) in [6.07, 6.45) is 0.457. The molecule has 0 amide bonds. The summed E-state index contributed by atoms with van der Waals surface area (Å²) in [4.78, 5) is 0. The van der Waals surface area contributed by atoms with Crippen molar-refractivity contribution in [3.05, 3.63) is 40.9 Å². The lowest BCUT2D eigenvalue weighted by molar-refractivity contribution is 0.581. The fourth-order valence-electron chi connectivity index (χ4n) is 1.11. The van der Waals surface area contributed by atoms with Gasteiger partial charge in [-0.05, 0) is 30.7 Å². The standard InChI is InChI=1S/C10H10ClF2N/c1-6(4-5-14)7-2-3-8(12)9(11)10(7)13/h2-3H,1,4-5,14H2. The molecule has 0 aliphatic carbocycles. The minimum absolute atomic E-state index is 0.224. The largest absolute Gasteiger partial charge is 0.330 e. The molecule has 0 atom stereocenters. The van der Waals surface area contributed by atoms with E-state index in [4.69, 9.17) is 17.3 Å². The second kappa shape index (κ2) is 4.53. The molecule has 1 rings (SSSR count). The average molecular weight is 218 g/mol. The van der Waals surface area contributed by atoms with E-state index in [9.17, 15) is 8.78 Å². The lowest BCUT2D eigenvalue weighted by Gasteiger charge is -2.07. The number of rotatable bonds is 3. The molecule has 2 N–H and O–H groups in total. The van der Waals surface area contributed by atoms with Gasteiger partial charge in [0.15, 0.2) is 5.82 Å². The van der Waals surface area contributed by atoms with Gasteiger partial charge < -0.3 is 5.73 Å². The van der Waals surface area contributed by atoms with E-state index in [2.05, 4.69) is 6.58 Å². The number of halogens is 3. The molecular formula is C10H10ClF2N. The summed E-state index contributed by atoms with van der Waals surface area (Å²) >= 11 is 5.40. The molecule has 0 aromatic heterocycles. The van der Waals surface area contributed by atoms with Crippen LogP contribution in [0.25, 0.3) is 5.57 Å². The van der Waals surface area contributed by atoms with Crippen LogP contribution >= 0.6 is 11.6 Å². The molecular weight excluding hydrogens is 208 g/mol. The summed E-state index contributed by atoms with van der Waals surface area (Å²) in [6.45, 7) is 4.01. The van der Waals surface area contributed by atoms with Crippen LogP contribution in [0.15, 0.2) is 18.7 Å². The van der Waals surface area contributed by atoms with Crippen LogP contribution in [0.1, 0.15) is 12.0 Å². The Bertz CT molecular complexity index is 363. The van der Waals surface area contributed by atoms with Gasteiger partial charge in [-0.1, -0.05) is 18.2 Å². The van der Waals surface area contributed by atoms with Crippen LogP contribution in [-0.2, 0) is 0 Å². The summed E-state index contributed by atoms with van der Waals surface area (Å²) in [6, 6.07) is 2.43. The highest BCUT2D eigenvalue weighted by Gasteiger charge is 2.12. The predicted molar refractivity (Wildman–Crippen MR) is 54.1 cm³/mol. The van der Waals surface area contributed by atoms with Crippen LogP contribution in [0.5, 0.6) is 0 Å². The minimum atomic E-state index is -0.773. The van der Waals surface area contributed by atoms with Crippen LogP contribution in [0.4, 0.5) is 8.78 Å². The zero-order valence-electron chi connectivity index (χ0n) is 7.49. The normalized spacial score (nSPS) is 10.3. The van der Waals surface area contributed by atoms with E-state index >= 15 is 0 Å². The van der Waals surface area contributed by atoms with Crippen LogP contribution < -0.4 is 5.73 Å². The van der Waals surface area contributed by atoms with Crippen LogP contribution in [0, 0.1) is 11.6 Å². The van der Waals surface area contributed by atoms with E-state index in [1.54, 1.807) is 0 Å². The van der Waals surface area contributed by atoms with Crippen LogP contribution in [0.3, 0.4) is 0 Å². The number of hydrogen-bond donors (Lipinski definition) is 1. The molecule has 0 spiro atoms. The smallest absolute Gasteiger partial charge is 0.152 e. The molecule has 0 fully saturated rings.